The third-order valence-corrected chi connectivity index (χ3v) is 3.60. The Balaban J connectivity index is 2.19. The van der Waals surface area contributed by atoms with E-state index in [1.54, 1.807) is 27.7 Å². The van der Waals surface area contributed by atoms with Crippen LogP contribution in [-0.2, 0) is 14.3 Å². The minimum absolute atomic E-state index is 0.222. The monoisotopic (exact) mass is 353 g/mol. The van der Waals surface area contributed by atoms with Gasteiger partial charge in [-0.05, 0) is 52.7 Å². The van der Waals surface area contributed by atoms with Crippen LogP contribution in [0.5, 0.6) is 0 Å². The zero-order valence-electron chi connectivity index (χ0n) is 14.9. The van der Waals surface area contributed by atoms with Crippen LogP contribution in [0.3, 0.4) is 0 Å². The number of pyridine rings is 1. The number of halogens is 1. The highest BCUT2D eigenvalue weighted by atomic mass is 19.1. The fourth-order valence-corrected chi connectivity index (χ4v) is 2.38. The molecule has 0 aliphatic carbocycles. The van der Waals surface area contributed by atoms with E-state index < -0.39 is 29.7 Å². The summed E-state index contributed by atoms with van der Waals surface area (Å²) in [6.07, 6.45) is 1.19. The first kappa shape index (κ1) is 19.1. The van der Waals surface area contributed by atoms with E-state index in [0.717, 1.165) is 17.6 Å². The summed E-state index contributed by atoms with van der Waals surface area (Å²) in [6, 6.07) is 1.73. The zero-order chi connectivity index (χ0) is 18.6. The molecule has 138 valence electrons. The normalized spacial score (nSPS) is 18.5. The number of nitrogens with zero attached hydrogens (tertiary/aromatic N) is 2. The Morgan fingerprint density at radius 3 is 2.68 bits per heavy atom. The Morgan fingerprint density at radius 1 is 1.44 bits per heavy atom. The molecule has 25 heavy (non-hydrogen) atoms. The Bertz CT molecular complexity index is 609. The molecule has 0 aromatic carbocycles. The van der Waals surface area contributed by atoms with Crippen molar-refractivity contribution in [2.75, 3.05) is 12.0 Å². The van der Waals surface area contributed by atoms with Crippen LogP contribution in [0.4, 0.5) is 15.0 Å². The van der Waals surface area contributed by atoms with E-state index in [1.807, 2.05) is 0 Å². The molecule has 2 unspecified atom stereocenters. The second-order valence-electron chi connectivity index (χ2n) is 6.90. The molecule has 1 amide bonds. The average Bonchev–Trinajstić information content (AvgIpc) is 3.05. The number of amides is 1. The standard InChI is InChI=1S/C17H24FN3O4/c1-11(15(22)13-6-5-9-24-13)21(16(23)25-17(2,3)4)20-14-8-7-12(18)10-19-14/h7-8,10-11,13H,5-6,9H2,1-4H3,(H,19,20). The highest BCUT2D eigenvalue weighted by Gasteiger charge is 2.35. The van der Waals surface area contributed by atoms with Gasteiger partial charge in [-0.2, -0.15) is 0 Å². The summed E-state index contributed by atoms with van der Waals surface area (Å²) < 4.78 is 23.8. The number of ether oxygens (including phenoxy) is 2. The molecular formula is C17H24FN3O4. The van der Waals surface area contributed by atoms with Crippen LogP contribution in [0.2, 0.25) is 0 Å². The number of Topliss-reactive ketones (excluding diaryl/α,β-unsaturated/α-hetero) is 1. The second-order valence-corrected chi connectivity index (χ2v) is 6.90. The average molecular weight is 353 g/mol. The molecule has 0 spiro atoms. The minimum atomic E-state index is -0.843. The van der Waals surface area contributed by atoms with Gasteiger partial charge >= 0.3 is 6.09 Å². The molecule has 1 aliphatic heterocycles. The Hall–Kier alpha value is -2.22. The van der Waals surface area contributed by atoms with Crippen molar-refractivity contribution in [3.63, 3.8) is 0 Å². The summed E-state index contributed by atoms with van der Waals surface area (Å²) in [5, 5.41) is 1.06. The first-order chi connectivity index (χ1) is 11.7. The molecule has 2 rings (SSSR count). The maximum absolute atomic E-state index is 13.0. The van der Waals surface area contributed by atoms with Crippen molar-refractivity contribution in [3.8, 4) is 0 Å². The van der Waals surface area contributed by atoms with E-state index in [1.165, 1.54) is 12.1 Å². The van der Waals surface area contributed by atoms with Gasteiger partial charge in [-0.3, -0.25) is 10.2 Å². The number of hydrazine groups is 1. The number of hydrogen-bond donors (Lipinski definition) is 1. The summed E-state index contributed by atoms with van der Waals surface area (Å²) in [5.74, 6) is -0.505. The maximum Gasteiger partial charge on any atom is 0.429 e. The molecule has 2 atom stereocenters. The molecule has 1 aliphatic rings. The molecule has 0 bridgehead atoms. The lowest BCUT2D eigenvalue weighted by atomic mass is 10.1. The van der Waals surface area contributed by atoms with E-state index in [0.29, 0.717) is 13.0 Å². The lowest BCUT2D eigenvalue weighted by Gasteiger charge is -2.32. The van der Waals surface area contributed by atoms with E-state index >= 15 is 0 Å². The summed E-state index contributed by atoms with van der Waals surface area (Å²) in [6.45, 7) is 7.30. The number of carbonyl (C=O) groups excluding carboxylic acids is 2. The highest BCUT2D eigenvalue weighted by Crippen LogP contribution is 2.19. The third kappa shape index (κ3) is 5.38. The lowest BCUT2D eigenvalue weighted by molar-refractivity contribution is -0.132. The van der Waals surface area contributed by atoms with Crippen LogP contribution in [-0.4, -0.2) is 46.2 Å². The van der Waals surface area contributed by atoms with E-state index in [9.17, 15) is 14.0 Å². The van der Waals surface area contributed by atoms with Crippen LogP contribution in [0.1, 0.15) is 40.5 Å². The van der Waals surface area contributed by atoms with Crippen molar-refractivity contribution in [1.82, 2.24) is 9.99 Å². The van der Waals surface area contributed by atoms with Crippen LogP contribution >= 0.6 is 0 Å². The molecule has 2 heterocycles. The van der Waals surface area contributed by atoms with Crippen LogP contribution in [0.25, 0.3) is 0 Å². The Morgan fingerprint density at radius 2 is 2.16 bits per heavy atom. The summed E-state index contributed by atoms with van der Waals surface area (Å²) in [7, 11) is 0. The van der Waals surface area contributed by atoms with Crippen molar-refractivity contribution in [3.05, 3.63) is 24.1 Å². The maximum atomic E-state index is 13.0. The predicted octanol–water partition coefficient (Wildman–Crippen LogP) is 2.92. The van der Waals surface area contributed by atoms with Gasteiger partial charge in [-0.1, -0.05) is 0 Å². The first-order valence-corrected chi connectivity index (χ1v) is 8.23. The van der Waals surface area contributed by atoms with Crippen LogP contribution < -0.4 is 5.43 Å². The van der Waals surface area contributed by atoms with Gasteiger partial charge in [0.1, 0.15) is 29.4 Å². The first-order valence-electron chi connectivity index (χ1n) is 8.23. The molecule has 1 saturated heterocycles. The minimum Gasteiger partial charge on any atom is -0.442 e. The van der Waals surface area contributed by atoms with Gasteiger partial charge in [0.2, 0.25) is 0 Å². The van der Waals surface area contributed by atoms with Gasteiger partial charge < -0.3 is 9.47 Å². The van der Waals surface area contributed by atoms with Gasteiger partial charge in [-0.15, -0.1) is 0 Å². The number of ketones is 1. The topological polar surface area (TPSA) is 80.8 Å². The molecule has 8 heteroatoms. The van der Waals surface area contributed by atoms with Gasteiger partial charge in [0.15, 0.2) is 5.78 Å². The number of aromatic nitrogens is 1. The largest absolute Gasteiger partial charge is 0.442 e. The van der Waals surface area contributed by atoms with Crippen LogP contribution in [0, 0.1) is 5.82 Å². The summed E-state index contributed by atoms with van der Waals surface area (Å²) in [4.78, 5) is 29.0. The quantitative estimate of drug-likeness (QED) is 0.820. The molecule has 1 aromatic rings. The molecule has 1 aromatic heterocycles. The smallest absolute Gasteiger partial charge is 0.429 e. The number of hydrogen-bond acceptors (Lipinski definition) is 6. The zero-order valence-corrected chi connectivity index (χ0v) is 14.9. The second kappa shape index (κ2) is 7.77. The Kier molecular flexibility index (Phi) is 5.94. The predicted molar refractivity (Wildman–Crippen MR) is 89.3 cm³/mol. The van der Waals surface area contributed by atoms with Gasteiger partial charge in [0.05, 0.1) is 6.20 Å². The van der Waals surface area contributed by atoms with Crippen molar-refractivity contribution >= 4 is 17.7 Å². The highest BCUT2D eigenvalue weighted by molar-refractivity contribution is 5.91. The summed E-state index contributed by atoms with van der Waals surface area (Å²) >= 11 is 0. The molecule has 0 saturated carbocycles. The van der Waals surface area contributed by atoms with Crippen molar-refractivity contribution in [1.29, 1.82) is 0 Å². The molecule has 1 N–H and O–H groups in total. The number of carbonyl (C=O) groups is 2. The Labute approximate surface area is 146 Å². The lowest BCUT2D eigenvalue weighted by Crippen LogP contribution is -2.51. The molecule has 1 fully saturated rings. The van der Waals surface area contributed by atoms with Gasteiger partial charge in [0.25, 0.3) is 0 Å². The van der Waals surface area contributed by atoms with Gasteiger partial charge in [-0.25, -0.2) is 19.2 Å². The third-order valence-electron chi connectivity index (χ3n) is 3.60. The molecule has 0 radical (unpaired) electrons. The number of anilines is 1. The summed E-state index contributed by atoms with van der Waals surface area (Å²) in [5.41, 5.74) is 2.00. The molecular weight excluding hydrogens is 329 g/mol. The van der Waals surface area contributed by atoms with Crippen LogP contribution in [0.15, 0.2) is 18.3 Å². The SMILES string of the molecule is CC(C(=O)C1CCCO1)N(Nc1ccc(F)cn1)C(=O)OC(C)(C)C. The number of rotatable bonds is 5. The number of nitrogens with one attached hydrogen (secondary N) is 1. The van der Waals surface area contributed by atoms with E-state index in [4.69, 9.17) is 9.47 Å². The van der Waals surface area contributed by atoms with Crippen molar-refractivity contribution in [2.24, 2.45) is 0 Å². The molecule has 7 nitrogen and oxygen atoms in total. The van der Waals surface area contributed by atoms with Gasteiger partial charge in [0, 0.05) is 6.61 Å². The fraction of sp³-hybridized carbons (Fsp3) is 0.588. The van der Waals surface area contributed by atoms with E-state index in [2.05, 4.69) is 10.4 Å². The van der Waals surface area contributed by atoms with Crippen molar-refractivity contribution < 1.29 is 23.5 Å². The van der Waals surface area contributed by atoms with Crippen molar-refractivity contribution in [2.45, 2.75) is 58.3 Å². The fourth-order valence-electron chi connectivity index (χ4n) is 2.38. The van der Waals surface area contributed by atoms with E-state index in [-0.39, 0.29) is 11.6 Å².